The molecule has 0 bridgehead atoms. The summed E-state index contributed by atoms with van der Waals surface area (Å²) in [6.45, 7) is 0.207. The fraction of sp³-hybridized carbons (Fsp3) is 0.115. The second-order valence-electron chi connectivity index (χ2n) is 7.60. The molecule has 2 nitrogen and oxygen atoms in total. The summed E-state index contributed by atoms with van der Waals surface area (Å²) in [6, 6.07) is 26.5. The number of anilines is 1. The van der Waals surface area contributed by atoms with Crippen LogP contribution in [-0.4, -0.2) is 5.91 Å². The van der Waals surface area contributed by atoms with Gasteiger partial charge >= 0.3 is 0 Å². The molecule has 0 saturated carbocycles. The van der Waals surface area contributed by atoms with Crippen LogP contribution in [0.5, 0.6) is 0 Å². The fourth-order valence-electron chi connectivity index (χ4n) is 4.39. The summed E-state index contributed by atoms with van der Waals surface area (Å²) >= 11 is 6.26. The molecule has 1 heterocycles. The first-order valence-electron chi connectivity index (χ1n) is 9.92. The lowest BCUT2D eigenvalue weighted by atomic mass is 9.81. The SMILES string of the molecule is O=C1CC(c2cccc(Cl)c2)c2c(ccc3ccccc23)N1Cc1ccccc1F. The Kier molecular flexibility index (Phi) is 4.76. The van der Waals surface area contributed by atoms with Crippen LogP contribution < -0.4 is 4.90 Å². The summed E-state index contributed by atoms with van der Waals surface area (Å²) in [5, 5.41) is 2.87. The molecule has 1 amide bonds. The average molecular weight is 416 g/mol. The van der Waals surface area contributed by atoms with Crippen LogP contribution in [0.25, 0.3) is 10.8 Å². The van der Waals surface area contributed by atoms with Gasteiger partial charge in [0.05, 0.1) is 6.54 Å². The number of carbonyl (C=O) groups excluding carboxylic acids is 1. The Morgan fingerprint density at radius 1 is 0.933 bits per heavy atom. The van der Waals surface area contributed by atoms with Crippen molar-refractivity contribution in [3.63, 3.8) is 0 Å². The Labute approximate surface area is 179 Å². The van der Waals surface area contributed by atoms with Crippen molar-refractivity contribution < 1.29 is 9.18 Å². The van der Waals surface area contributed by atoms with Crippen molar-refractivity contribution in [2.75, 3.05) is 4.90 Å². The van der Waals surface area contributed by atoms with E-state index in [1.54, 1.807) is 23.1 Å². The molecule has 5 rings (SSSR count). The van der Waals surface area contributed by atoms with E-state index in [2.05, 4.69) is 12.1 Å². The van der Waals surface area contributed by atoms with Gasteiger partial charge in [-0.25, -0.2) is 4.39 Å². The summed E-state index contributed by atoms with van der Waals surface area (Å²) < 4.78 is 14.3. The van der Waals surface area contributed by atoms with Crippen LogP contribution in [0.4, 0.5) is 10.1 Å². The molecule has 4 aromatic rings. The monoisotopic (exact) mass is 415 g/mol. The fourth-order valence-corrected chi connectivity index (χ4v) is 4.58. The maximum Gasteiger partial charge on any atom is 0.228 e. The van der Waals surface area contributed by atoms with Crippen LogP contribution in [0.3, 0.4) is 0 Å². The van der Waals surface area contributed by atoms with Crippen LogP contribution in [-0.2, 0) is 11.3 Å². The minimum Gasteiger partial charge on any atom is -0.308 e. The van der Waals surface area contributed by atoms with E-state index in [0.717, 1.165) is 27.6 Å². The molecular formula is C26H19ClFNO. The number of fused-ring (bicyclic) bond motifs is 3. The molecule has 1 aliphatic rings. The van der Waals surface area contributed by atoms with Crippen LogP contribution in [0.2, 0.25) is 5.02 Å². The van der Waals surface area contributed by atoms with E-state index in [9.17, 15) is 9.18 Å². The number of amides is 1. The van der Waals surface area contributed by atoms with Gasteiger partial charge in [0.2, 0.25) is 5.91 Å². The highest BCUT2D eigenvalue weighted by atomic mass is 35.5. The van der Waals surface area contributed by atoms with Gasteiger partial charge in [-0.15, -0.1) is 0 Å². The number of nitrogens with zero attached hydrogens (tertiary/aromatic N) is 1. The third-order valence-electron chi connectivity index (χ3n) is 5.80. The average Bonchev–Trinajstić information content (AvgIpc) is 2.76. The van der Waals surface area contributed by atoms with Gasteiger partial charge < -0.3 is 4.90 Å². The molecule has 0 N–H and O–H groups in total. The molecule has 1 aliphatic heterocycles. The largest absolute Gasteiger partial charge is 0.308 e. The Morgan fingerprint density at radius 3 is 2.57 bits per heavy atom. The first-order valence-corrected chi connectivity index (χ1v) is 10.3. The Balaban J connectivity index is 1.70. The highest BCUT2D eigenvalue weighted by molar-refractivity contribution is 6.30. The van der Waals surface area contributed by atoms with Crippen molar-refractivity contribution in [1.29, 1.82) is 0 Å². The maximum atomic E-state index is 14.3. The lowest BCUT2D eigenvalue weighted by Crippen LogP contribution is -2.36. The van der Waals surface area contributed by atoms with Crippen LogP contribution in [0.15, 0.2) is 84.9 Å². The lowest BCUT2D eigenvalue weighted by Gasteiger charge is -2.35. The molecule has 4 aromatic carbocycles. The highest BCUT2D eigenvalue weighted by Gasteiger charge is 2.34. The normalized spacial score (nSPS) is 16.0. The quantitative estimate of drug-likeness (QED) is 0.364. The summed E-state index contributed by atoms with van der Waals surface area (Å²) in [4.78, 5) is 15.0. The van der Waals surface area contributed by atoms with Crippen LogP contribution in [0, 0.1) is 5.82 Å². The minimum atomic E-state index is -0.301. The molecule has 0 fully saturated rings. The van der Waals surface area contributed by atoms with E-state index in [-0.39, 0.29) is 24.2 Å². The molecule has 1 atom stereocenters. The topological polar surface area (TPSA) is 20.3 Å². The smallest absolute Gasteiger partial charge is 0.228 e. The first kappa shape index (κ1) is 18.8. The van der Waals surface area contributed by atoms with Gasteiger partial charge in [-0.1, -0.05) is 72.3 Å². The van der Waals surface area contributed by atoms with Gasteiger partial charge in [-0.2, -0.15) is 0 Å². The van der Waals surface area contributed by atoms with E-state index >= 15 is 0 Å². The molecule has 30 heavy (non-hydrogen) atoms. The Hall–Kier alpha value is -3.17. The molecule has 0 spiro atoms. The van der Waals surface area contributed by atoms with E-state index in [4.69, 9.17) is 11.6 Å². The number of hydrogen-bond acceptors (Lipinski definition) is 1. The molecular weight excluding hydrogens is 397 g/mol. The summed E-state index contributed by atoms with van der Waals surface area (Å²) in [5.41, 5.74) is 3.44. The van der Waals surface area contributed by atoms with E-state index in [0.29, 0.717) is 17.0 Å². The van der Waals surface area contributed by atoms with E-state index in [1.807, 2.05) is 48.5 Å². The number of carbonyl (C=O) groups is 1. The zero-order valence-corrected chi connectivity index (χ0v) is 16.9. The van der Waals surface area contributed by atoms with Gasteiger partial charge in [0.15, 0.2) is 0 Å². The standard InChI is InChI=1S/C26H19ClFNO/c27-20-9-5-8-18(14-20)22-15-25(30)29(16-19-7-2-4-11-23(19)28)24-13-12-17-6-1-3-10-21(17)26(22)24/h1-14,22H,15-16H2. The van der Waals surface area contributed by atoms with Gasteiger partial charge in [-0.05, 0) is 46.2 Å². The molecule has 0 saturated heterocycles. The molecule has 0 radical (unpaired) electrons. The third kappa shape index (κ3) is 3.25. The second-order valence-corrected chi connectivity index (χ2v) is 8.04. The highest BCUT2D eigenvalue weighted by Crippen LogP contribution is 2.44. The lowest BCUT2D eigenvalue weighted by molar-refractivity contribution is -0.119. The van der Waals surface area contributed by atoms with Crippen molar-refractivity contribution in [3.05, 3.63) is 112 Å². The summed E-state index contributed by atoms with van der Waals surface area (Å²) in [7, 11) is 0. The van der Waals surface area contributed by atoms with Gasteiger partial charge in [0.25, 0.3) is 0 Å². The van der Waals surface area contributed by atoms with E-state index in [1.165, 1.54) is 6.07 Å². The van der Waals surface area contributed by atoms with E-state index < -0.39 is 0 Å². The summed E-state index contributed by atoms with van der Waals surface area (Å²) in [5.74, 6) is -0.426. The van der Waals surface area contributed by atoms with Gasteiger partial charge in [0, 0.05) is 28.6 Å². The Bertz CT molecular complexity index is 1270. The molecule has 148 valence electrons. The number of benzene rings is 4. The molecule has 0 aliphatic carbocycles. The summed E-state index contributed by atoms with van der Waals surface area (Å²) in [6.07, 6.45) is 0.315. The van der Waals surface area contributed by atoms with Crippen LogP contribution in [0.1, 0.15) is 29.0 Å². The van der Waals surface area contributed by atoms with Crippen molar-refractivity contribution >= 4 is 34.0 Å². The molecule has 1 unspecified atom stereocenters. The second kappa shape index (κ2) is 7.58. The van der Waals surface area contributed by atoms with Gasteiger partial charge in [0.1, 0.15) is 5.82 Å². The van der Waals surface area contributed by atoms with Crippen LogP contribution >= 0.6 is 11.6 Å². The van der Waals surface area contributed by atoms with Crippen molar-refractivity contribution in [2.24, 2.45) is 0 Å². The zero-order chi connectivity index (χ0) is 20.7. The zero-order valence-electron chi connectivity index (χ0n) is 16.2. The number of hydrogen-bond donors (Lipinski definition) is 0. The molecule has 0 aromatic heterocycles. The minimum absolute atomic E-state index is 0.0222. The first-order chi connectivity index (χ1) is 14.6. The predicted octanol–water partition coefficient (Wildman–Crippen LogP) is 6.70. The van der Waals surface area contributed by atoms with Crippen molar-refractivity contribution in [2.45, 2.75) is 18.9 Å². The number of rotatable bonds is 3. The molecule has 4 heteroatoms. The maximum absolute atomic E-state index is 14.3. The number of halogens is 2. The van der Waals surface area contributed by atoms with Gasteiger partial charge in [-0.3, -0.25) is 4.79 Å². The predicted molar refractivity (Wildman–Crippen MR) is 119 cm³/mol. The van der Waals surface area contributed by atoms with Crippen molar-refractivity contribution in [1.82, 2.24) is 0 Å². The Morgan fingerprint density at radius 2 is 1.73 bits per heavy atom. The van der Waals surface area contributed by atoms with Crippen molar-refractivity contribution in [3.8, 4) is 0 Å². The third-order valence-corrected chi connectivity index (χ3v) is 6.04.